The molecular weight excluding hydrogens is 296 g/mol. The summed E-state index contributed by atoms with van der Waals surface area (Å²) in [7, 11) is 0. The van der Waals surface area contributed by atoms with Crippen LogP contribution < -0.4 is 10.6 Å². The van der Waals surface area contributed by atoms with Crippen molar-refractivity contribution in [3.8, 4) is 0 Å². The summed E-state index contributed by atoms with van der Waals surface area (Å²) in [6.07, 6.45) is 2.28. The van der Waals surface area contributed by atoms with E-state index < -0.39 is 6.04 Å². The Balaban J connectivity index is 2.00. The molecule has 1 atom stereocenters. The molecule has 0 aliphatic carbocycles. The van der Waals surface area contributed by atoms with Gasteiger partial charge in [0.05, 0.1) is 0 Å². The SMILES string of the molecule is CCNC(=O)[C@@H](C)NC(=O)CCc1c(C)nc2ncnn2c1C. The van der Waals surface area contributed by atoms with E-state index in [0.717, 1.165) is 17.0 Å². The number of likely N-dealkylation sites (N-methyl/N-ethyl adjacent to an activating group) is 1. The number of nitrogens with zero attached hydrogens (tertiary/aromatic N) is 4. The van der Waals surface area contributed by atoms with Gasteiger partial charge in [0, 0.05) is 24.4 Å². The summed E-state index contributed by atoms with van der Waals surface area (Å²) < 4.78 is 1.66. The summed E-state index contributed by atoms with van der Waals surface area (Å²) in [4.78, 5) is 32.1. The van der Waals surface area contributed by atoms with E-state index in [2.05, 4.69) is 25.7 Å². The quantitative estimate of drug-likeness (QED) is 0.798. The average Bonchev–Trinajstić information content (AvgIpc) is 2.95. The van der Waals surface area contributed by atoms with Crippen LogP contribution in [0.5, 0.6) is 0 Å². The minimum absolute atomic E-state index is 0.166. The molecule has 0 fully saturated rings. The Labute approximate surface area is 134 Å². The Kier molecular flexibility index (Phi) is 5.25. The number of amides is 2. The molecule has 23 heavy (non-hydrogen) atoms. The van der Waals surface area contributed by atoms with Crippen LogP contribution in [-0.4, -0.2) is 44.0 Å². The molecule has 0 aromatic carbocycles. The summed E-state index contributed by atoms with van der Waals surface area (Å²) in [5.41, 5.74) is 2.74. The zero-order valence-electron chi connectivity index (χ0n) is 13.9. The number of aryl methyl sites for hydroxylation is 2. The van der Waals surface area contributed by atoms with Gasteiger partial charge in [-0.15, -0.1) is 0 Å². The third kappa shape index (κ3) is 3.82. The summed E-state index contributed by atoms with van der Waals surface area (Å²) in [5, 5.41) is 9.51. The van der Waals surface area contributed by atoms with Crippen molar-refractivity contribution in [2.75, 3.05) is 6.54 Å². The number of carbonyl (C=O) groups is 2. The summed E-state index contributed by atoms with van der Waals surface area (Å²) in [6.45, 7) is 7.88. The number of rotatable bonds is 6. The van der Waals surface area contributed by atoms with E-state index in [1.165, 1.54) is 6.33 Å². The first-order valence-corrected chi connectivity index (χ1v) is 7.67. The maximum absolute atomic E-state index is 12.0. The van der Waals surface area contributed by atoms with Crippen LogP contribution in [0.2, 0.25) is 0 Å². The van der Waals surface area contributed by atoms with Gasteiger partial charge in [-0.3, -0.25) is 9.59 Å². The number of hydrogen-bond acceptors (Lipinski definition) is 5. The lowest BCUT2D eigenvalue weighted by molar-refractivity contribution is -0.128. The molecule has 8 nitrogen and oxygen atoms in total. The van der Waals surface area contributed by atoms with Gasteiger partial charge < -0.3 is 10.6 Å². The summed E-state index contributed by atoms with van der Waals surface area (Å²) >= 11 is 0. The Morgan fingerprint density at radius 1 is 1.35 bits per heavy atom. The molecule has 0 aliphatic rings. The molecule has 0 saturated carbocycles. The first-order valence-electron chi connectivity index (χ1n) is 7.67. The third-order valence-electron chi connectivity index (χ3n) is 3.71. The van der Waals surface area contributed by atoms with Crippen molar-refractivity contribution in [1.29, 1.82) is 0 Å². The number of hydrogen-bond donors (Lipinski definition) is 2. The fourth-order valence-corrected chi connectivity index (χ4v) is 2.46. The average molecular weight is 318 g/mol. The van der Waals surface area contributed by atoms with Crippen molar-refractivity contribution >= 4 is 17.6 Å². The first-order chi connectivity index (χ1) is 10.9. The number of carbonyl (C=O) groups excluding carboxylic acids is 2. The highest BCUT2D eigenvalue weighted by molar-refractivity contribution is 5.87. The third-order valence-corrected chi connectivity index (χ3v) is 3.71. The van der Waals surface area contributed by atoms with Crippen molar-refractivity contribution in [2.24, 2.45) is 0 Å². The normalized spacial score (nSPS) is 12.2. The summed E-state index contributed by atoms with van der Waals surface area (Å²) in [6, 6.07) is -0.541. The van der Waals surface area contributed by atoms with Crippen LogP contribution in [0.1, 0.15) is 37.2 Å². The van der Waals surface area contributed by atoms with Gasteiger partial charge in [0.15, 0.2) is 0 Å². The molecule has 2 aromatic rings. The number of fused-ring (bicyclic) bond motifs is 1. The Morgan fingerprint density at radius 3 is 2.78 bits per heavy atom. The van der Waals surface area contributed by atoms with Gasteiger partial charge in [-0.05, 0) is 39.7 Å². The second-order valence-corrected chi connectivity index (χ2v) is 5.42. The van der Waals surface area contributed by atoms with E-state index in [1.807, 2.05) is 20.8 Å². The van der Waals surface area contributed by atoms with Crippen molar-refractivity contribution < 1.29 is 9.59 Å². The number of nitrogens with one attached hydrogen (secondary N) is 2. The highest BCUT2D eigenvalue weighted by Gasteiger charge is 2.16. The highest BCUT2D eigenvalue weighted by atomic mass is 16.2. The van der Waals surface area contributed by atoms with Crippen LogP contribution in [-0.2, 0) is 16.0 Å². The van der Waals surface area contributed by atoms with E-state index in [-0.39, 0.29) is 18.2 Å². The van der Waals surface area contributed by atoms with Crippen molar-refractivity contribution in [3.63, 3.8) is 0 Å². The Bertz CT molecular complexity index is 724. The molecule has 0 aliphatic heterocycles. The van der Waals surface area contributed by atoms with Crippen LogP contribution in [0.4, 0.5) is 0 Å². The molecule has 2 rings (SSSR count). The predicted molar refractivity (Wildman–Crippen MR) is 84.9 cm³/mol. The molecule has 2 aromatic heterocycles. The molecule has 0 radical (unpaired) electrons. The molecule has 0 spiro atoms. The minimum Gasteiger partial charge on any atom is -0.355 e. The lowest BCUT2D eigenvalue weighted by atomic mass is 10.1. The molecule has 2 amide bonds. The van der Waals surface area contributed by atoms with E-state index in [4.69, 9.17) is 0 Å². The molecule has 2 heterocycles. The van der Waals surface area contributed by atoms with Gasteiger partial charge >= 0.3 is 0 Å². The first kappa shape index (κ1) is 16.9. The fourth-order valence-electron chi connectivity index (χ4n) is 2.46. The Morgan fingerprint density at radius 2 is 2.09 bits per heavy atom. The zero-order chi connectivity index (χ0) is 17.0. The van der Waals surface area contributed by atoms with Crippen molar-refractivity contribution in [1.82, 2.24) is 30.2 Å². The molecule has 8 heteroatoms. The van der Waals surface area contributed by atoms with Gasteiger partial charge in [0.25, 0.3) is 5.78 Å². The molecule has 0 saturated heterocycles. The highest BCUT2D eigenvalue weighted by Crippen LogP contribution is 2.14. The maximum Gasteiger partial charge on any atom is 0.252 e. The van der Waals surface area contributed by atoms with E-state index in [0.29, 0.717) is 18.7 Å². The largest absolute Gasteiger partial charge is 0.355 e. The van der Waals surface area contributed by atoms with Crippen LogP contribution in [0.15, 0.2) is 6.33 Å². The molecular formula is C15H22N6O2. The van der Waals surface area contributed by atoms with Crippen molar-refractivity contribution in [3.05, 3.63) is 23.3 Å². The fraction of sp³-hybridized carbons (Fsp3) is 0.533. The van der Waals surface area contributed by atoms with Crippen LogP contribution in [0.25, 0.3) is 5.78 Å². The molecule has 124 valence electrons. The monoisotopic (exact) mass is 318 g/mol. The van der Waals surface area contributed by atoms with E-state index in [9.17, 15) is 9.59 Å². The predicted octanol–water partition coefficient (Wildman–Crippen LogP) is 0.315. The van der Waals surface area contributed by atoms with Crippen LogP contribution in [0.3, 0.4) is 0 Å². The minimum atomic E-state index is -0.541. The topological polar surface area (TPSA) is 101 Å². The summed E-state index contributed by atoms with van der Waals surface area (Å²) in [5.74, 6) is 0.207. The van der Waals surface area contributed by atoms with E-state index in [1.54, 1.807) is 11.4 Å². The van der Waals surface area contributed by atoms with Gasteiger partial charge in [-0.2, -0.15) is 10.1 Å². The van der Waals surface area contributed by atoms with Crippen LogP contribution >= 0.6 is 0 Å². The molecule has 0 unspecified atom stereocenters. The maximum atomic E-state index is 12.0. The second-order valence-electron chi connectivity index (χ2n) is 5.42. The lowest BCUT2D eigenvalue weighted by Crippen LogP contribution is -2.44. The second kappa shape index (κ2) is 7.17. The van der Waals surface area contributed by atoms with Gasteiger partial charge in [-0.25, -0.2) is 9.50 Å². The van der Waals surface area contributed by atoms with E-state index >= 15 is 0 Å². The van der Waals surface area contributed by atoms with Gasteiger partial charge in [0.2, 0.25) is 11.8 Å². The van der Waals surface area contributed by atoms with Crippen LogP contribution in [0, 0.1) is 13.8 Å². The van der Waals surface area contributed by atoms with Gasteiger partial charge in [0.1, 0.15) is 12.4 Å². The lowest BCUT2D eigenvalue weighted by Gasteiger charge is -2.14. The zero-order valence-corrected chi connectivity index (χ0v) is 13.9. The van der Waals surface area contributed by atoms with Crippen molar-refractivity contribution in [2.45, 2.75) is 46.6 Å². The smallest absolute Gasteiger partial charge is 0.252 e. The number of aromatic nitrogens is 4. The Hall–Kier alpha value is -2.51. The van der Waals surface area contributed by atoms with Gasteiger partial charge in [-0.1, -0.05) is 0 Å². The molecule has 0 bridgehead atoms. The molecule has 2 N–H and O–H groups in total. The standard InChI is InChI=1S/C15H22N6O2/c1-5-16-14(23)10(3)19-13(22)7-6-12-9(2)20-15-17-8-18-21(15)11(12)4/h8,10H,5-7H2,1-4H3,(H,16,23)(H,19,22)/t10-/m1/s1.